The molecule has 0 radical (unpaired) electrons. The molecule has 0 spiro atoms. The molecule has 1 aromatic carbocycles. The minimum atomic E-state index is -0.378. The molecule has 2 nitrogen and oxygen atoms in total. The summed E-state index contributed by atoms with van der Waals surface area (Å²) in [4.78, 5) is 14.4. The van der Waals surface area contributed by atoms with E-state index in [9.17, 15) is 9.18 Å². The summed E-state index contributed by atoms with van der Waals surface area (Å²) in [6.07, 6.45) is 0.646. The zero-order chi connectivity index (χ0) is 10.8. The summed E-state index contributed by atoms with van der Waals surface area (Å²) in [5.41, 5.74) is 0.838. The van der Waals surface area contributed by atoms with Crippen molar-refractivity contribution in [1.82, 2.24) is 4.98 Å². The van der Waals surface area contributed by atoms with Gasteiger partial charge in [0.25, 0.3) is 0 Å². The van der Waals surface area contributed by atoms with Crippen molar-refractivity contribution in [2.45, 2.75) is 0 Å². The van der Waals surface area contributed by atoms with Crippen molar-refractivity contribution in [3.63, 3.8) is 0 Å². The predicted octanol–water partition coefficient (Wildman–Crippen LogP) is 3.42. The van der Waals surface area contributed by atoms with Gasteiger partial charge in [0.05, 0.1) is 5.02 Å². The molecular formula is C10H5ClFNOS. The Morgan fingerprint density at radius 1 is 1.47 bits per heavy atom. The van der Waals surface area contributed by atoms with Crippen LogP contribution in [0.2, 0.25) is 5.02 Å². The maximum absolute atomic E-state index is 13.0. The van der Waals surface area contributed by atoms with E-state index in [0.29, 0.717) is 27.6 Å². The quantitative estimate of drug-likeness (QED) is 0.754. The number of rotatable bonds is 2. The third kappa shape index (κ3) is 2.06. The standard InChI is InChI=1S/C10H5ClFNOS/c11-9-2-1-6(12)3-8(9)10-13-7(4-14)5-15-10/h1-5H. The van der Waals surface area contributed by atoms with Crippen LogP contribution in [0, 0.1) is 5.82 Å². The summed E-state index contributed by atoms with van der Waals surface area (Å²) >= 11 is 7.15. The Kier molecular flexibility index (Phi) is 2.79. The molecule has 0 aliphatic heterocycles. The van der Waals surface area contributed by atoms with Gasteiger partial charge in [0, 0.05) is 10.9 Å². The number of aldehydes is 1. The summed E-state index contributed by atoms with van der Waals surface area (Å²) in [5, 5.41) is 2.56. The number of hydrogen-bond donors (Lipinski definition) is 0. The van der Waals surface area contributed by atoms with Crippen molar-refractivity contribution < 1.29 is 9.18 Å². The van der Waals surface area contributed by atoms with Crippen molar-refractivity contribution in [3.8, 4) is 10.6 Å². The second-order valence-corrected chi connectivity index (χ2v) is 4.08. The largest absolute Gasteiger partial charge is 0.296 e. The zero-order valence-corrected chi connectivity index (χ0v) is 8.98. The van der Waals surface area contributed by atoms with Crippen LogP contribution >= 0.6 is 22.9 Å². The molecular weight excluding hydrogens is 237 g/mol. The fourth-order valence-corrected chi connectivity index (χ4v) is 2.18. The molecule has 2 aromatic rings. The van der Waals surface area contributed by atoms with Gasteiger partial charge in [0.2, 0.25) is 0 Å². The van der Waals surface area contributed by atoms with Crippen LogP contribution in [0.1, 0.15) is 10.5 Å². The van der Waals surface area contributed by atoms with Crippen molar-refractivity contribution in [1.29, 1.82) is 0 Å². The second-order valence-electron chi connectivity index (χ2n) is 2.82. The van der Waals surface area contributed by atoms with Crippen LogP contribution in [-0.4, -0.2) is 11.3 Å². The van der Waals surface area contributed by atoms with E-state index in [1.807, 2.05) is 0 Å². The molecule has 5 heteroatoms. The average molecular weight is 242 g/mol. The first kappa shape index (κ1) is 10.3. The summed E-state index contributed by atoms with van der Waals surface area (Å²) in [6, 6.07) is 4.05. The molecule has 15 heavy (non-hydrogen) atoms. The molecule has 0 unspecified atom stereocenters. The molecule has 0 aliphatic rings. The highest BCUT2D eigenvalue weighted by atomic mass is 35.5. The maximum atomic E-state index is 13.0. The van der Waals surface area contributed by atoms with E-state index < -0.39 is 0 Å². The van der Waals surface area contributed by atoms with Gasteiger partial charge in [-0.25, -0.2) is 9.37 Å². The second kappa shape index (κ2) is 4.08. The summed E-state index contributed by atoms with van der Waals surface area (Å²) < 4.78 is 13.0. The highest BCUT2D eigenvalue weighted by Crippen LogP contribution is 2.30. The van der Waals surface area contributed by atoms with Gasteiger partial charge in [-0.2, -0.15) is 0 Å². The molecule has 0 amide bonds. The van der Waals surface area contributed by atoms with Gasteiger partial charge in [-0.3, -0.25) is 4.79 Å². The Bertz CT molecular complexity index is 512. The molecule has 0 aliphatic carbocycles. The SMILES string of the molecule is O=Cc1csc(-c2cc(F)ccc2Cl)n1. The van der Waals surface area contributed by atoms with Crippen LogP contribution in [0.3, 0.4) is 0 Å². The Morgan fingerprint density at radius 3 is 2.93 bits per heavy atom. The number of aromatic nitrogens is 1. The van der Waals surface area contributed by atoms with Gasteiger partial charge < -0.3 is 0 Å². The van der Waals surface area contributed by atoms with Crippen LogP contribution in [0.5, 0.6) is 0 Å². The monoisotopic (exact) mass is 241 g/mol. The number of benzene rings is 1. The van der Waals surface area contributed by atoms with Crippen LogP contribution in [-0.2, 0) is 0 Å². The van der Waals surface area contributed by atoms with Gasteiger partial charge in [-0.15, -0.1) is 11.3 Å². The third-order valence-corrected chi connectivity index (χ3v) is 3.02. The lowest BCUT2D eigenvalue weighted by atomic mass is 10.2. The number of halogens is 2. The Balaban J connectivity index is 2.52. The van der Waals surface area contributed by atoms with Crippen LogP contribution in [0.25, 0.3) is 10.6 Å². The molecule has 2 rings (SSSR count). The van der Waals surface area contributed by atoms with Gasteiger partial charge >= 0.3 is 0 Å². The minimum absolute atomic E-state index is 0.329. The molecule has 0 atom stereocenters. The summed E-state index contributed by atoms with van der Waals surface area (Å²) in [7, 11) is 0. The molecule has 0 saturated heterocycles. The lowest BCUT2D eigenvalue weighted by Gasteiger charge is -1.99. The van der Waals surface area contributed by atoms with Gasteiger partial charge in [-0.1, -0.05) is 11.6 Å². The number of carbonyl (C=O) groups is 1. The summed E-state index contributed by atoms with van der Waals surface area (Å²) in [5.74, 6) is -0.378. The molecule has 0 saturated carbocycles. The van der Waals surface area contributed by atoms with Gasteiger partial charge in [0.1, 0.15) is 16.5 Å². The Morgan fingerprint density at radius 2 is 2.27 bits per heavy atom. The fourth-order valence-electron chi connectivity index (χ4n) is 1.13. The third-order valence-electron chi connectivity index (χ3n) is 1.80. The molecule has 0 bridgehead atoms. The first-order valence-corrected chi connectivity index (χ1v) is 5.32. The normalized spacial score (nSPS) is 10.3. The number of hydrogen-bond acceptors (Lipinski definition) is 3. The highest BCUT2D eigenvalue weighted by molar-refractivity contribution is 7.13. The predicted molar refractivity (Wildman–Crippen MR) is 57.9 cm³/mol. The number of carbonyl (C=O) groups excluding carboxylic acids is 1. The fraction of sp³-hybridized carbons (Fsp3) is 0. The Labute approximate surface area is 94.3 Å². The van der Waals surface area contributed by atoms with E-state index >= 15 is 0 Å². The molecule has 76 valence electrons. The molecule has 1 heterocycles. The van der Waals surface area contributed by atoms with Crippen molar-refractivity contribution in [2.75, 3.05) is 0 Å². The lowest BCUT2D eigenvalue weighted by molar-refractivity contribution is 0.111. The van der Waals surface area contributed by atoms with Crippen LogP contribution in [0.4, 0.5) is 4.39 Å². The molecule has 0 N–H and O–H groups in total. The Hall–Kier alpha value is -1.26. The lowest BCUT2D eigenvalue weighted by Crippen LogP contribution is -1.83. The van der Waals surface area contributed by atoms with E-state index in [-0.39, 0.29) is 5.82 Å². The topological polar surface area (TPSA) is 30.0 Å². The van der Waals surface area contributed by atoms with E-state index in [4.69, 9.17) is 11.6 Å². The van der Waals surface area contributed by atoms with Crippen molar-refractivity contribution >= 4 is 29.2 Å². The van der Waals surface area contributed by atoms with Crippen LogP contribution < -0.4 is 0 Å². The van der Waals surface area contributed by atoms with Gasteiger partial charge in [-0.05, 0) is 18.2 Å². The van der Waals surface area contributed by atoms with E-state index in [1.165, 1.54) is 29.5 Å². The average Bonchev–Trinajstić information content (AvgIpc) is 2.70. The van der Waals surface area contributed by atoms with E-state index in [1.54, 1.807) is 5.38 Å². The highest BCUT2D eigenvalue weighted by Gasteiger charge is 2.09. The first-order valence-electron chi connectivity index (χ1n) is 4.07. The molecule has 1 aromatic heterocycles. The van der Waals surface area contributed by atoms with E-state index in [2.05, 4.69) is 4.98 Å². The number of thiazole rings is 1. The van der Waals surface area contributed by atoms with Crippen LogP contribution in [0.15, 0.2) is 23.6 Å². The maximum Gasteiger partial charge on any atom is 0.169 e. The van der Waals surface area contributed by atoms with Gasteiger partial charge in [0.15, 0.2) is 6.29 Å². The zero-order valence-electron chi connectivity index (χ0n) is 7.41. The van der Waals surface area contributed by atoms with E-state index in [0.717, 1.165) is 0 Å². The minimum Gasteiger partial charge on any atom is -0.296 e. The smallest absolute Gasteiger partial charge is 0.169 e. The molecule has 0 fully saturated rings. The summed E-state index contributed by atoms with van der Waals surface area (Å²) in [6.45, 7) is 0. The van der Waals surface area contributed by atoms with Crippen molar-refractivity contribution in [3.05, 3.63) is 40.1 Å². The first-order chi connectivity index (χ1) is 7.20. The number of nitrogens with zero attached hydrogens (tertiary/aromatic N) is 1. The van der Waals surface area contributed by atoms with Crippen molar-refractivity contribution in [2.24, 2.45) is 0 Å².